The van der Waals surface area contributed by atoms with Gasteiger partial charge in [0.15, 0.2) is 0 Å². The van der Waals surface area contributed by atoms with Crippen molar-refractivity contribution in [2.24, 2.45) is 0 Å². The monoisotopic (exact) mass is 372 g/mol. The lowest BCUT2D eigenvalue weighted by Gasteiger charge is -2.17. The number of aromatic nitrogens is 1. The number of pyridine rings is 1. The summed E-state index contributed by atoms with van der Waals surface area (Å²) in [7, 11) is 1.85. The predicted octanol–water partition coefficient (Wildman–Crippen LogP) is 4.05. The quantitative estimate of drug-likeness (QED) is 0.877. The number of hydrogen-bond acceptors (Lipinski definition) is 2. The zero-order chi connectivity index (χ0) is 13.1. The van der Waals surface area contributed by atoms with Crippen molar-refractivity contribution in [3.05, 3.63) is 62.5 Å². The first kappa shape index (κ1) is 13.6. The molecule has 94 valence electrons. The Bertz CT molecular complexity index is 543. The molecule has 0 aliphatic carbocycles. The molecule has 0 saturated heterocycles. The van der Waals surface area contributed by atoms with Crippen LogP contribution in [0, 0.1) is 5.82 Å². The number of hydrogen-bond donors (Lipinski definition) is 1. The molecule has 1 heterocycles. The van der Waals surface area contributed by atoms with Gasteiger partial charge in [-0.25, -0.2) is 4.39 Å². The Morgan fingerprint density at radius 3 is 2.44 bits per heavy atom. The molecule has 0 amide bonds. The van der Waals surface area contributed by atoms with Crippen LogP contribution in [0.2, 0.25) is 0 Å². The van der Waals surface area contributed by atoms with Crippen LogP contribution < -0.4 is 5.32 Å². The molecule has 1 N–H and O–H groups in total. The fraction of sp³-hybridized carbons (Fsp3) is 0.154. The molecular weight excluding hydrogens is 363 g/mol. The van der Waals surface area contributed by atoms with Crippen LogP contribution in [-0.2, 0) is 0 Å². The summed E-state index contributed by atoms with van der Waals surface area (Å²) in [4.78, 5) is 4.40. The van der Waals surface area contributed by atoms with Gasteiger partial charge in [0.25, 0.3) is 0 Å². The van der Waals surface area contributed by atoms with Crippen molar-refractivity contribution in [3.8, 4) is 0 Å². The molecule has 0 aliphatic heterocycles. The number of benzene rings is 1. The molecule has 0 saturated carbocycles. The molecule has 2 aromatic rings. The molecule has 18 heavy (non-hydrogen) atoms. The molecule has 1 aromatic heterocycles. The Hall–Kier alpha value is -0.780. The molecule has 0 bridgehead atoms. The topological polar surface area (TPSA) is 24.9 Å². The molecule has 0 aliphatic rings. The van der Waals surface area contributed by atoms with Gasteiger partial charge < -0.3 is 5.32 Å². The van der Waals surface area contributed by atoms with Gasteiger partial charge >= 0.3 is 0 Å². The number of nitrogens with one attached hydrogen (secondary N) is 1. The van der Waals surface area contributed by atoms with Gasteiger partial charge in [-0.3, -0.25) is 4.98 Å². The highest BCUT2D eigenvalue weighted by atomic mass is 79.9. The molecule has 2 nitrogen and oxygen atoms in total. The highest BCUT2D eigenvalue weighted by Crippen LogP contribution is 2.28. The molecular formula is C13H11Br2FN2. The van der Waals surface area contributed by atoms with Gasteiger partial charge in [0, 0.05) is 15.1 Å². The van der Waals surface area contributed by atoms with E-state index in [1.807, 2.05) is 13.1 Å². The lowest BCUT2D eigenvalue weighted by atomic mass is 10.0. The first-order chi connectivity index (χ1) is 8.61. The summed E-state index contributed by atoms with van der Waals surface area (Å²) < 4.78 is 14.7. The van der Waals surface area contributed by atoms with Crippen molar-refractivity contribution in [1.29, 1.82) is 0 Å². The van der Waals surface area contributed by atoms with Gasteiger partial charge in [0.2, 0.25) is 0 Å². The zero-order valence-corrected chi connectivity index (χ0v) is 12.8. The second-order valence-electron chi connectivity index (χ2n) is 3.79. The number of rotatable bonds is 3. The number of nitrogens with zero attached hydrogens (tertiary/aromatic N) is 1. The van der Waals surface area contributed by atoms with Gasteiger partial charge in [-0.15, -0.1) is 0 Å². The molecule has 1 unspecified atom stereocenters. The summed E-state index contributed by atoms with van der Waals surface area (Å²) in [6.45, 7) is 0. The minimum Gasteiger partial charge on any atom is -0.308 e. The van der Waals surface area contributed by atoms with Gasteiger partial charge in [-0.2, -0.15) is 0 Å². The average molecular weight is 374 g/mol. The zero-order valence-electron chi connectivity index (χ0n) is 9.62. The number of halogens is 3. The van der Waals surface area contributed by atoms with Crippen LogP contribution in [0.3, 0.4) is 0 Å². The second-order valence-corrected chi connectivity index (χ2v) is 5.56. The highest BCUT2D eigenvalue weighted by Gasteiger charge is 2.16. The lowest BCUT2D eigenvalue weighted by molar-refractivity contribution is 0.621. The first-order valence-corrected chi connectivity index (χ1v) is 6.94. The maximum absolute atomic E-state index is 12.9. The van der Waals surface area contributed by atoms with Crippen molar-refractivity contribution >= 4 is 31.9 Å². The van der Waals surface area contributed by atoms with E-state index in [1.165, 1.54) is 12.1 Å². The molecule has 0 spiro atoms. The Kier molecular flexibility index (Phi) is 4.48. The van der Waals surface area contributed by atoms with Crippen LogP contribution >= 0.6 is 31.9 Å². The summed E-state index contributed by atoms with van der Waals surface area (Å²) in [5, 5.41) is 3.18. The summed E-state index contributed by atoms with van der Waals surface area (Å²) in [6.07, 6.45) is 1.74. The SMILES string of the molecule is CNC(c1ccc(F)cc1)c1ncc(Br)cc1Br. The van der Waals surface area contributed by atoms with Gasteiger partial charge in [-0.05, 0) is 62.7 Å². The van der Waals surface area contributed by atoms with Crippen LogP contribution in [-0.4, -0.2) is 12.0 Å². The summed E-state index contributed by atoms with van der Waals surface area (Å²) in [5.41, 5.74) is 1.83. The fourth-order valence-electron chi connectivity index (χ4n) is 1.75. The van der Waals surface area contributed by atoms with E-state index in [-0.39, 0.29) is 11.9 Å². The van der Waals surface area contributed by atoms with E-state index in [0.717, 1.165) is 20.2 Å². The Balaban J connectivity index is 2.41. The van der Waals surface area contributed by atoms with E-state index < -0.39 is 0 Å². The summed E-state index contributed by atoms with van der Waals surface area (Å²) >= 11 is 6.86. The van der Waals surface area contributed by atoms with Crippen molar-refractivity contribution in [2.45, 2.75) is 6.04 Å². The summed E-state index contributed by atoms with van der Waals surface area (Å²) in [5.74, 6) is -0.239. The fourth-order valence-corrected chi connectivity index (χ4v) is 2.97. The standard InChI is InChI=1S/C13H11Br2FN2/c1-17-12(8-2-4-10(16)5-3-8)13-11(15)6-9(14)7-18-13/h2-7,12,17H,1H3. The average Bonchev–Trinajstić information content (AvgIpc) is 2.35. The van der Waals surface area contributed by atoms with Crippen molar-refractivity contribution in [1.82, 2.24) is 10.3 Å². The minimum absolute atomic E-state index is 0.0759. The van der Waals surface area contributed by atoms with Crippen LogP contribution in [0.4, 0.5) is 4.39 Å². The summed E-state index contributed by atoms with van der Waals surface area (Å²) in [6, 6.07) is 8.28. The maximum atomic E-state index is 12.9. The third-order valence-corrected chi connectivity index (χ3v) is 3.67. The van der Waals surface area contributed by atoms with E-state index in [9.17, 15) is 4.39 Å². The van der Waals surface area contributed by atoms with Crippen LogP contribution in [0.1, 0.15) is 17.3 Å². The molecule has 1 aromatic carbocycles. The van der Waals surface area contributed by atoms with E-state index in [2.05, 4.69) is 42.2 Å². The molecule has 0 radical (unpaired) electrons. The van der Waals surface area contributed by atoms with Crippen molar-refractivity contribution in [2.75, 3.05) is 7.05 Å². The van der Waals surface area contributed by atoms with Gasteiger partial charge in [-0.1, -0.05) is 12.1 Å². The van der Waals surface area contributed by atoms with Crippen LogP contribution in [0.25, 0.3) is 0 Å². The second kappa shape index (κ2) is 5.91. The van der Waals surface area contributed by atoms with Crippen LogP contribution in [0.5, 0.6) is 0 Å². The molecule has 1 atom stereocenters. The normalized spacial score (nSPS) is 12.4. The van der Waals surface area contributed by atoms with E-state index in [4.69, 9.17) is 0 Å². The van der Waals surface area contributed by atoms with Gasteiger partial charge in [0.05, 0.1) is 11.7 Å². The third-order valence-electron chi connectivity index (χ3n) is 2.60. The molecule has 2 rings (SSSR count). The third kappa shape index (κ3) is 2.96. The van der Waals surface area contributed by atoms with E-state index >= 15 is 0 Å². The molecule has 5 heteroatoms. The van der Waals surface area contributed by atoms with Crippen LogP contribution in [0.15, 0.2) is 45.5 Å². The highest BCUT2D eigenvalue weighted by molar-refractivity contribution is 9.11. The van der Waals surface area contributed by atoms with E-state index in [0.29, 0.717) is 0 Å². The largest absolute Gasteiger partial charge is 0.308 e. The van der Waals surface area contributed by atoms with Crippen molar-refractivity contribution < 1.29 is 4.39 Å². The lowest BCUT2D eigenvalue weighted by Crippen LogP contribution is -2.19. The maximum Gasteiger partial charge on any atom is 0.123 e. The van der Waals surface area contributed by atoms with Gasteiger partial charge in [0.1, 0.15) is 5.82 Å². The van der Waals surface area contributed by atoms with E-state index in [1.54, 1.807) is 18.3 Å². The molecule has 0 fully saturated rings. The Morgan fingerprint density at radius 2 is 1.89 bits per heavy atom. The first-order valence-electron chi connectivity index (χ1n) is 5.35. The predicted molar refractivity (Wildman–Crippen MR) is 76.9 cm³/mol. The Morgan fingerprint density at radius 1 is 1.22 bits per heavy atom. The minimum atomic E-state index is -0.239. The van der Waals surface area contributed by atoms with Crippen molar-refractivity contribution in [3.63, 3.8) is 0 Å². The smallest absolute Gasteiger partial charge is 0.123 e. The Labute approximate surface area is 122 Å².